The highest BCUT2D eigenvalue weighted by Crippen LogP contribution is 2.54. The molecule has 0 spiro atoms. The molecular weight excluding hydrogens is 474 g/mol. The first-order chi connectivity index (χ1) is 17.8. The Kier molecular flexibility index (Phi) is 6.80. The second kappa shape index (κ2) is 9.90. The number of nitrogens with zero attached hydrogens (tertiary/aromatic N) is 4. The van der Waals surface area contributed by atoms with E-state index in [1.165, 1.54) is 0 Å². The van der Waals surface area contributed by atoms with Gasteiger partial charge in [-0.25, -0.2) is 4.98 Å². The van der Waals surface area contributed by atoms with Crippen molar-refractivity contribution < 1.29 is 23.8 Å². The van der Waals surface area contributed by atoms with Gasteiger partial charge in [-0.1, -0.05) is 0 Å². The summed E-state index contributed by atoms with van der Waals surface area (Å²) < 4.78 is 19.3. The highest BCUT2D eigenvalue weighted by Gasteiger charge is 2.57. The Hall–Kier alpha value is -3.24. The normalized spacial score (nSPS) is 25.4. The van der Waals surface area contributed by atoms with E-state index in [0.717, 1.165) is 44.2 Å². The maximum atomic E-state index is 13.2. The van der Waals surface area contributed by atoms with Crippen LogP contribution in [0.5, 0.6) is 5.88 Å². The molecule has 1 N–H and O–H groups in total. The molecule has 2 amide bonds. The van der Waals surface area contributed by atoms with Crippen molar-refractivity contribution in [2.24, 2.45) is 0 Å². The summed E-state index contributed by atoms with van der Waals surface area (Å²) in [5.74, 6) is 0.387. The van der Waals surface area contributed by atoms with Gasteiger partial charge in [-0.15, -0.1) is 0 Å². The molecule has 5 rings (SSSR count). The number of fused-ring (bicyclic) bond motifs is 3. The number of carbonyl (C=O) groups excluding carboxylic acids is 2. The van der Waals surface area contributed by atoms with Gasteiger partial charge in [-0.05, 0) is 65.0 Å². The Morgan fingerprint density at radius 1 is 1.32 bits per heavy atom. The van der Waals surface area contributed by atoms with Crippen LogP contribution in [0.4, 0.5) is 0 Å². The lowest BCUT2D eigenvalue weighted by Crippen LogP contribution is -2.32. The second-order valence-electron chi connectivity index (χ2n) is 10.8. The third kappa shape index (κ3) is 5.13. The van der Waals surface area contributed by atoms with Crippen LogP contribution in [0.3, 0.4) is 0 Å². The number of nitrogens with one attached hydrogen (secondary N) is 1. The first-order valence-electron chi connectivity index (χ1n) is 12.9. The van der Waals surface area contributed by atoms with Crippen LogP contribution >= 0.6 is 0 Å². The van der Waals surface area contributed by atoms with Crippen molar-refractivity contribution in [3.8, 4) is 5.88 Å². The fraction of sp³-hybridized carbons (Fsp3) is 0.556. The molecule has 2 aromatic rings. The first kappa shape index (κ1) is 25.4. The van der Waals surface area contributed by atoms with Crippen LogP contribution in [0.1, 0.15) is 68.9 Å². The summed E-state index contributed by atoms with van der Waals surface area (Å²) in [6.45, 7) is 6.75. The second-order valence-corrected chi connectivity index (χ2v) is 10.8. The lowest BCUT2D eigenvalue weighted by molar-refractivity contribution is -0.116. The van der Waals surface area contributed by atoms with Gasteiger partial charge < -0.3 is 24.4 Å². The fourth-order valence-electron chi connectivity index (χ4n) is 5.34. The van der Waals surface area contributed by atoms with E-state index in [2.05, 4.69) is 10.3 Å². The number of hydrogen-bond donors (Lipinski definition) is 1. The topological polar surface area (TPSA) is 107 Å². The third-order valence-corrected chi connectivity index (χ3v) is 7.34. The van der Waals surface area contributed by atoms with Crippen molar-refractivity contribution in [3.05, 3.63) is 47.7 Å². The molecular formula is C27H35N5O5. The maximum absolute atomic E-state index is 13.2. The van der Waals surface area contributed by atoms with Crippen molar-refractivity contribution in [1.82, 2.24) is 24.6 Å². The predicted octanol–water partition coefficient (Wildman–Crippen LogP) is 3.12. The molecule has 3 fully saturated rings. The van der Waals surface area contributed by atoms with E-state index in [0.29, 0.717) is 36.3 Å². The van der Waals surface area contributed by atoms with Crippen LogP contribution in [0.2, 0.25) is 0 Å². The zero-order chi connectivity index (χ0) is 26.2. The fourth-order valence-corrected chi connectivity index (χ4v) is 5.34. The Labute approximate surface area is 216 Å². The molecule has 1 aliphatic heterocycles. The van der Waals surface area contributed by atoms with Gasteiger partial charge in [0, 0.05) is 42.9 Å². The summed E-state index contributed by atoms with van der Waals surface area (Å²) in [5, 5.41) is 2.89. The summed E-state index contributed by atoms with van der Waals surface area (Å²) in [6, 6.07) is 0.293. The average molecular weight is 510 g/mol. The summed E-state index contributed by atoms with van der Waals surface area (Å²) in [4.78, 5) is 35.5. The van der Waals surface area contributed by atoms with Gasteiger partial charge in [0.05, 0.1) is 30.6 Å². The highest BCUT2D eigenvalue weighted by atomic mass is 16.5. The number of amides is 2. The SMILES string of the molecule is COCC12CCC(c3cn4cc(C(=O)N/C(C)=C/C=C\N(C=O)C5CC5)c(OC(C)C)nc4n3)(CO1)C2. The zero-order valence-corrected chi connectivity index (χ0v) is 21.9. The summed E-state index contributed by atoms with van der Waals surface area (Å²) in [6.07, 6.45) is 14.4. The number of carbonyl (C=O) groups is 2. The summed E-state index contributed by atoms with van der Waals surface area (Å²) in [5.41, 5.74) is 1.45. The molecule has 2 aromatic heterocycles. The first-order valence-corrected chi connectivity index (χ1v) is 12.9. The van der Waals surface area contributed by atoms with Gasteiger partial charge >= 0.3 is 0 Å². The number of aromatic nitrogens is 3. The average Bonchev–Trinajstić information content (AvgIpc) is 3.35. The largest absolute Gasteiger partial charge is 0.474 e. The number of ether oxygens (including phenoxy) is 3. The van der Waals surface area contributed by atoms with E-state index in [9.17, 15) is 9.59 Å². The van der Waals surface area contributed by atoms with E-state index >= 15 is 0 Å². The molecule has 0 radical (unpaired) electrons. The number of rotatable bonds is 11. The van der Waals surface area contributed by atoms with Crippen molar-refractivity contribution in [3.63, 3.8) is 0 Å². The van der Waals surface area contributed by atoms with Crippen LogP contribution in [0.25, 0.3) is 5.78 Å². The Balaban J connectivity index is 1.38. The molecule has 0 aromatic carbocycles. The molecule has 10 heteroatoms. The summed E-state index contributed by atoms with van der Waals surface area (Å²) >= 11 is 0. The molecule has 2 bridgehead atoms. The molecule has 2 saturated carbocycles. The number of methoxy groups -OCH3 is 1. The highest BCUT2D eigenvalue weighted by molar-refractivity contribution is 5.97. The van der Waals surface area contributed by atoms with Crippen LogP contribution in [0, 0.1) is 0 Å². The Morgan fingerprint density at radius 3 is 2.78 bits per heavy atom. The molecule has 3 heterocycles. The molecule has 2 aliphatic carbocycles. The van der Waals surface area contributed by atoms with Crippen LogP contribution < -0.4 is 10.1 Å². The van der Waals surface area contributed by atoms with E-state index in [1.54, 1.807) is 47.9 Å². The monoisotopic (exact) mass is 509 g/mol. The molecule has 10 nitrogen and oxygen atoms in total. The number of imidazole rings is 1. The van der Waals surface area contributed by atoms with E-state index < -0.39 is 0 Å². The van der Waals surface area contributed by atoms with Gasteiger partial charge in [0.25, 0.3) is 5.91 Å². The minimum Gasteiger partial charge on any atom is -0.474 e. The molecule has 2 unspecified atom stereocenters. The van der Waals surface area contributed by atoms with Gasteiger partial charge in [0.1, 0.15) is 5.56 Å². The van der Waals surface area contributed by atoms with Crippen LogP contribution in [-0.4, -0.2) is 69.7 Å². The minimum atomic E-state index is -0.334. The maximum Gasteiger partial charge on any atom is 0.262 e. The van der Waals surface area contributed by atoms with E-state index in [-0.39, 0.29) is 28.9 Å². The Morgan fingerprint density at radius 2 is 2.14 bits per heavy atom. The lowest BCUT2D eigenvalue weighted by Gasteiger charge is -2.27. The lowest BCUT2D eigenvalue weighted by atomic mass is 9.84. The van der Waals surface area contributed by atoms with Gasteiger partial charge in [0.15, 0.2) is 0 Å². The van der Waals surface area contributed by atoms with E-state index in [1.807, 2.05) is 20.0 Å². The van der Waals surface area contributed by atoms with Gasteiger partial charge in [-0.3, -0.25) is 14.0 Å². The number of allylic oxidation sites excluding steroid dienone is 3. The predicted molar refractivity (Wildman–Crippen MR) is 136 cm³/mol. The van der Waals surface area contributed by atoms with Gasteiger partial charge in [-0.2, -0.15) is 4.98 Å². The van der Waals surface area contributed by atoms with Crippen molar-refractivity contribution in [1.29, 1.82) is 0 Å². The standard InChI is InChI=1S/C27H35N5O5/c1-18(2)37-24-21(23(34)28-19(3)6-5-11-31(17-33)20-7-8-20)12-32-13-22(29-25(32)30-24)26-9-10-27(14-26,16-35-4)36-15-26/h5-6,11-13,17-18,20H,7-10,14-16H2,1-4H3,(H,28,34)/b11-5-,19-6+. The molecule has 198 valence electrons. The quantitative estimate of drug-likeness (QED) is 0.366. The molecule has 1 saturated heterocycles. The van der Waals surface area contributed by atoms with Crippen molar-refractivity contribution in [2.45, 2.75) is 76.0 Å². The summed E-state index contributed by atoms with van der Waals surface area (Å²) in [7, 11) is 1.70. The van der Waals surface area contributed by atoms with Crippen molar-refractivity contribution in [2.75, 3.05) is 20.3 Å². The van der Waals surface area contributed by atoms with Crippen molar-refractivity contribution >= 4 is 18.1 Å². The number of hydrogen-bond acceptors (Lipinski definition) is 7. The van der Waals surface area contributed by atoms with Crippen LogP contribution in [0.15, 0.2) is 36.4 Å². The smallest absolute Gasteiger partial charge is 0.262 e. The third-order valence-electron chi connectivity index (χ3n) is 7.34. The minimum absolute atomic E-state index is 0.168. The van der Waals surface area contributed by atoms with Gasteiger partial charge in [0.2, 0.25) is 18.1 Å². The molecule has 2 atom stereocenters. The van der Waals surface area contributed by atoms with Crippen LogP contribution in [-0.2, 0) is 19.7 Å². The Bertz CT molecular complexity index is 1240. The molecule has 37 heavy (non-hydrogen) atoms. The van der Waals surface area contributed by atoms with E-state index in [4.69, 9.17) is 19.2 Å². The zero-order valence-electron chi connectivity index (χ0n) is 21.9. The molecule has 3 aliphatic rings.